The molecule has 2 rings (SSSR count). The van der Waals surface area contributed by atoms with Gasteiger partial charge in [0.05, 0.1) is 6.04 Å². The van der Waals surface area contributed by atoms with Gasteiger partial charge in [-0.15, -0.1) is 0 Å². The molecular formula is C9H13N. The zero-order valence-electron chi connectivity index (χ0n) is 6.14. The third-order valence-electron chi connectivity index (χ3n) is 2.52. The standard InChI is InChI=1S/C9H13N/c1-7-3-2-4-8-5-6-10-9(7)8/h5-6,8-10H,1-4H2. The molecule has 0 amide bonds. The SMILES string of the molecule is C=C1CCCC2C=CNC12. The van der Waals surface area contributed by atoms with Crippen molar-refractivity contribution in [1.29, 1.82) is 0 Å². The summed E-state index contributed by atoms with van der Waals surface area (Å²) >= 11 is 0. The van der Waals surface area contributed by atoms with Crippen molar-refractivity contribution in [1.82, 2.24) is 5.32 Å². The smallest absolute Gasteiger partial charge is 0.0528 e. The molecule has 0 bridgehead atoms. The highest BCUT2D eigenvalue weighted by Gasteiger charge is 2.27. The van der Waals surface area contributed by atoms with Crippen LogP contribution in [0.3, 0.4) is 0 Å². The molecular weight excluding hydrogens is 122 g/mol. The normalized spacial score (nSPS) is 37.4. The minimum absolute atomic E-state index is 0.578. The van der Waals surface area contributed by atoms with Crippen LogP contribution in [0, 0.1) is 5.92 Å². The van der Waals surface area contributed by atoms with Crippen molar-refractivity contribution in [2.45, 2.75) is 25.3 Å². The van der Waals surface area contributed by atoms with E-state index in [1.54, 1.807) is 0 Å². The zero-order chi connectivity index (χ0) is 6.97. The zero-order valence-corrected chi connectivity index (χ0v) is 6.14. The highest BCUT2D eigenvalue weighted by molar-refractivity contribution is 5.19. The third-order valence-corrected chi connectivity index (χ3v) is 2.52. The first kappa shape index (κ1) is 6.02. The van der Waals surface area contributed by atoms with Gasteiger partial charge in [0.1, 0.15) is 0 Å². The summed E-state index contributed by atoms with van der Waals surface area (Å²) in [5.41, 5.74) is 1.39. The molecule has 0 aromatic carbocycles. The summed E-state index contributed by atoms with van der Waals surface area (Å²) in [6, 6.07) is 0.578. The molecule has 0 aromatic rings. The number of rotatable bonds is 0. The minimum atomic E-state index is 0.578. The molecule has 1 aliphatic carbocycles. The molecule has 0 spiro atoms. The lowest BCUT2D eigenvalue weighted by atomic mass is 9.83. The van der Waals surface area contributed by atoms with Crippen LogP contribution in [0.5, 0.6) is 0 Å². The highest BCUT2D eigenvalue weighted by Crippen LogP contribution is 2.31. The monoisotopic (exact) mass is 135 g/mol. The van der Waals surface area contributed by atoms with Gasteiger partial charge >= 0.3 is 0 Å². The first-order valence-electron chi connectivity index (χ1n) is 3.98. The molecule has 1 saturated carbocycles. The number of hydrogen-bond donors (Lipinski definition) is 1. The summed E-state index contributed by atoms with van der Waals surface area (Å²) in [6.45, 7) is 4.05. The molecule has 54 valence electrons. The van der Waals surface area contributed by atoms with Crippen molar-refractivity contribution >= 4 is 0 Å². The van der Waals surface area contributed by atoms with Crippen LogP contribution >= 0.6 is 0 Å². The molecule has 0 aromatic heterocycles. The Morgan fingerprint density at radius 2 is 2.50 bits per heavy atom. The molecule has 1 aliphatic heterocycles. The molecule has 0 radical (unpaired) electrons. The fraction of sp³-hybridized carbons (Fsp3) is 0.556. The Morgan fingerprint density at radius 1 is 1.60 bits per heavy atom. The summed E-state index contributed by atoms with van der Waals surface area (Å²) in [6.07, 6.45) is 8.23. The Kier molecular flexibility index (Phi) is 1.30. The lowest BCUT2D eigenvalue weighted by Gasteiger charge is -2.27. The first-order valence-corrected chi connectivity index (χ1v) is 3.98. The van der Waals surface area contributed by atoms with E-state index >= 15 is 0 Å². The van der Waals surface area contributed by atoms with Crippen LogP contribution in [0.15, 0.2) is 24.4 Å². The molecule has 1 heteroatoms. The molecule has 2 unspecified atom stereocenters. The van der Waals surface area contributed by atoms with Gasteiger partial charge in [0.25, 0.3) is 0 Å². The molecule has 1 heterocycles. The Labute approximate surface area is 61.8 Å². The van der Waals surface area contributed by atoms with Gasteiger partial charge in [-0.3, -0.25) is 0 Å². The molecule has 1 N–H and O–H groups in total. The second-order valence-corrected chi connectivity index (χ2v) is 3.22. The van der Waals surface area contributed by atoms with E-state index in [4.69, 9.17) is 0 Å². The Morgan fingerprint density at radius 3 is 3.30 bits per heavy atom. The van der Waals surface area contributed by atoms with Crippen molar-refractivity contribution in [3.05, 3.63) is 24.4 Å². The van der Waals surface area contributed by atoms with Crippen molar-refractivity contribution in [3.63, 3.8) is 0 Å². The minimum Gasteiger partial charge on any atom is -0.384 e. The van der Waals surface area contributed by atoms with E-state index in [1.165, 1.54) is 24.8 Å². The second-order valence-electron chi connectivity index (χ2n) is 3.22. The van der Waals surface area contributed by atoms with Gasteiger partial charge in [-0.2, -0.15) is 0 Å². The quantitative estimate of drug-likeness (QED) is 0.500. The van der Waals surface area contributed by atoms with E-state index in [9.17, 15) is 0 Å². The summed E-state index contributed by atoms with van der Waals surface area (Å²) in [5.74, 6) is 0.751. The number of hydrogen-bond acceptors (Lipinski definition) is 1. The van der Waals surface area contributed by atoms with E-state index in [-0.39, 0.29) is 0 Å². The van der Waals surface area contributed by atoms with Crippen molar-refractivity contribution < 1.29 is 0 Å². The van der Waals surface area contributed by atoms with Crippen LogP contribution in [-0.4, -0.2) is 6.04 Å². The number of nitrogens with one attached hydrogen (secondary N) is 1. The molecule has 2 aliphatic rings. The average Bonchev–Trinajstić information content (AvgIpc) is 2.36. The maximum atomic E-state index is 4.05. The maximum absolute atomic E-state index is 4.05. The highest BCUT2D eigenvalue weighted by atomic mass is 14.9. The van der Waals surface area contributed by atoms with E-state index in [1.807, 2.05) is 0 Å². The van der Waals surface area contributed by atoms with Crippen LogP contribution in [0.2, 0.25) is 0 Å². The van der Waals surface area contributed by atoms with E-state index in [2.05, 4.69) is 24.2 Å². The van der Waals surface area contributed by atoms with Crippen molar-refractivity contribution in [2.75, 3.05) is 0 Å². The van der Waals surface area contributed by atoms with Gasteiger partial charge in [-0.1, -0.05) is 18.2 Å². The Bertz CT molecular complexity index is 181. The first-order chi connectivity index (χ1) is 4.88. The van der Waals surface area contributed by atoms with Gasteiger partial charge in [0.2, 0.25) is 0 Å². The van der Waals surface area contributed by atoms with Crippen LogP contribution in [-0.2, 0) is 0 Å². The van der Waals surface area contributed by atoms with E-state index in [0.717, 1.165) is 5.92 Å². The fourth-order valence-electron chi connectivity index (χ4n) is 1.92. The third kappa shape index (κ3) is 0.772. The summed E-state index contributed by atoms with van der Waals surface area (Å²) in [5, 5.41) is 3.33. The van der Waals surface area contributed by atoms with E-state index < -0.39 is 0 Å². The fourth-order valence-corrected chi connectivity index (χ4v) is 1.92. The maximum Gasteiger partial charge on any atom is 0.0528 e. The predicted octanol–water partition coefficient (Wildman–Crippen LogP) is 1.83. The topological polar surface area (TPSA) is 12.0 Å². The average molecular weight is 135 g/mol. The van der Waals surface area contributed by atoms with Gasteiger partial charge in [-0.25, -0.2) is 0 Å². The predicted molar refractivity (Wildman–Crippen MR) is 42.5 cm³/mol. The van der Waals surface area contributed by atoms with Gasteiger partial charge < -0.3 is 5.32 Å². The van der Waals surface area contributed by atoms with Crippen LogP contribution < -0.4 is 5.32 Å². The van der Waals surface area contributed by atoms with E-state index in [0.29, 0.717) is 6.04 Å². The number of fused-ring (bicyclic) bond motifs is 1. The lowest BCUT2D eigenvalue weighted by molar-refractivity contribution is 0.430. The summed E-state index contributed by atoms with van der Waals surface area (Å²) in [7, 11) is 0. The summed E-state index contributed by atoms with van der Waals surface area (Å²) < 4.78 is 0. The van der Waals surface area contributed by atoms with Crippen molar-refractivity contribution in [2.24, 2.45) is 5.92 Å². The molecule has 10 heavy (non-hydrogen) atoms. The largest absolute Gasteiger partial charge is 0.384 e. The molecule has 1 nitrogen and oxygen atoms in total. The van der Waals surface area contributed by atoms with Gasteiger partial charge in [-0.05, 0) is 25.5 Å². The van der Waals surface area contributed by atoms with Gasteiger partial charge in [0, 0.05) is 5.92 Å². The van der Waals surface area contributed by atoms with Gasteiger partial charge in [0.15, 0.2) is 0 Å². The van der Waals surface area contributed by atoms with Crippen LogP contribution in [0.1, 0.15) is 19.3 Å². The molecule has 0 saturated heterocycles. The Hall–Kier alpha value is -0.720. The summed E-state index contributed by atoms with van der Waals surface area (Å²) in [4.78, 5) is 0. The molecule has 1 fully saturated rings. The molecule has 2 atom stereocenters. The lowest BCUT2D eigenvalue weighted by Crippen LogP contribution is -2.31. The second kappa shape index (κ2) is 2.15. The Balaban J connectivity index is 2.14. The van der Waals surface area contributed by atoms with Crippen molar-refractivity contribution in [3.8, 4) is 0 Å². The van der Waals surface area contributed by atoms with Crippen LogP contribution in [0.4, 0.5) is 0 Å². The van der Waals surface area contributed by atoms with Crippen LogP contribution in [0.25, 0.3) is 0 Å².